The van der Waals surface area contributed by atoms with Gasteiger partial charge < -0.3 is 17.6 Å². The van der Waals surface area contributed by atoms with Crippen molar-refractivity contribution in [2.45, 2.75) is 26.4 Å². The third kappa shape index (κ3) is 6.92. The van der Waals surface area contributed by atoms with Gasteiger partial charge in [0.1, 0.15) is 5.75 Å². The summed E-state index contributed by atoms with van der Waals surface area (Å²) in [5.41, 5.74) is 2.75. The fourth-order valence-corrected chi connectivity index (χ4v) is 2.07. The van der Waals surface area contributed by atoms with Gasteiger partial charge in [0.2, 0.25) is 0 Å². The number of aryl methyl sites for hydroxylation is 2. The molecule has 0 bridgehead atoms. The summed E-state index contributed by atoms with van der Waals surface area (Å²) in [5, 5.41) is 16.3. The van der Waals surface area contributed by atoms with Crippen molar-refractivity contribution in [3.8, 4) is 5.75 Å². The smallest absolute Gasteiger partial charge is 0.419 e. The molecule has 131 valence electrons. The van der Waals surface area contributed by atoms with Crippen molar-refractivity contribution in [3.63, 3.8) is 0 Å². The molecule has 2 N–H and O–H groups in total. The number of alkyl halides is 3. The van der Waals surface area contributed by atoms with E-state index in [1.54, 1.807) is 0 Å². The first kappa shape index (κ1) is 25.3. The van der Waals surface area contributed by atoms with E-state index in [0.717, 1.165) is 35.9 Å². The van der Waals surface area contributed by atoms with Crippen molar-refractivity contribution in [1.82, 2.24) is 0 Å². The number of rotatable bonds is 2. The molecule has 2 aromatic rings. The van der Waals surface area contributed by atoms with Crippen LogP contribution in [0.2, 0.25) is 0 Å². The second kappa shape index (κ2) is 10.9. The summed E-state index contributed by atoms with van der Waals surface area (Å²) in [6, 6.07) is 9.44. The Morgan fingerprint density at radius 1 is 0.875 bits per heavy atom. The Morgan fingerprint density at radius 2 is 1.38 bits per heavy atom. The number of aliphatic hydroxyl groups excluding tert-OH is 1. The number of benzene rings is 2. The first-order valence-corrected chi connectivity index (χ1v) is 6.67. The van der Waals surface area contributed by atoms with Gasteiger partial charge in [0, 0.05) is 39.8 Å². The summed E-state index contributed by atoms with van der Waals surface area (Å²) in [5.74, 6) is -0.735. The molecule has 2 rings (SSSR count). The molecule has 0 aliphatic heterocycles. The third-order valence-electron chi connectivity index (χ3n) is 3.35. The van der Waals surface area contributed by atoms with Crippen molar-refractivity contribution in [1.29, 1.82) is 0 Å². The van der Waals surface area contributed by atoms with Crippen molar-refractivity contribution >= 4 is 0 Å². The number of aromatic hydroxyl groups is 1. The second-order valence-corrected chi connectivity index (χ2v) is 4.94. The molecular weight excluding hydrogens is 394 g/mol. The minimum absolute atomic E-state index is 0. The average Bonchev–Trinajstić information content (AvgIpc) is 2.46. The zero-order chi connectivity index (χ0) is 16.9. The standard InChI is InChI=1S/C16H15F3O.CH4O.CH3.Y/c1-10-3-4-12(7-11(10)2)8-13-5-6-15(20)14(9-13)16(17,18)19;1-2;;/h3-7,9,20H,8H2,1-2H3;2H,1H3;1H3;/q;;-1;. The Labute approximate surface area is 166 Å². The predicted octanol–water partition coefficient (Wildman–Crippen LogP) is 4.67. The summed E-state index contributed by atoms with van der Waals surface area (Å²) >= 11 is 0. The Hall–Kier alpha value is -0.906. The van der Waals surface area contributed by atoms with E-state index in [-0.39, 0.29) is 40.1 Å². The maximum atomic E-state index is 12.7. The normalized spacial score (nSPS) is 9.96. The molecule has 0 fully saturated rings. The summed E-state index contributed by atoms with van der Waals surface area (Å²) in [7, 11) is 1.00. The van der Waals surface area contributed by atoms with E-state index in [1.807, 2.05) is 32.0 Å². The molecule has 2 nitrogen and oxygen atoms in total. The zero-order valence-electron chi connectivity index (χ0n) is 14.3. The molecule has 2 aromatic carbocycles. The second-order valence-electron chi connectivity index (χ2n) is 4.94. The number of phenols is 1. The van der Waals surface area contributed by atoms with Gasteiger partial charge in [-0.2, -0.15) is 13.2 Å². The van der Waals surface area contributed by atoms with Crippen LogP contribution in [0.3, 0.4) is 0 Å². The Bertz CT molecular complexity index is 641. The molecular formula is C18H22F3O2Y-. The van der Waals surface area contributed by atoms with Crippen LogP contribution >= 0.6 is 0 Å². The van der Waals surface area contributed by atoms with E-state index in [9.17, 15) is 18.3 Å². The van der Waals surface area contributed by atoms with E-state index in [0.29, 0.717) is 12.0 Å². The van der Waals surface area contributed by atoms with E-state index in [1.165, 1.54) is 6.07 Å². The van der Waals surface area contributed by atoms with Crippen molar-refractivity contribution in [2.75, 3.05) is 7.11 Å². The number of halogens is 3. The van der Waals surface area contributed by atoms with Gasteiger partial charge in [-0.1, -0.05) is 24.3 Å². The molecule has 0 unspecified atom stereocenters. The van der Waals surface area contributed by atoms with Crippen LogP contribution < -0.4 is 0 Å². The zero-order valence-corrected chi connectivity index (χ0v) is 17.1. The van der Waals surface area contributed by atoms with Crippen LogP contribution in [0, 0.1) is 21.3 Å². The van der Waals surface area contributed by atoms with E-state index < -0.39 is 17.5 Å². The van der Waals surface area contributed by atoms with Crippen molar-refractivity contribution in [2.24, 2.45) is 0 Å². The van der Waals surface area contributed by atoms with Gasteiger partial charge in [-0.3, -0.25) is 0 Å². The first-order chi connectivity index (χ1) is 10.3. The first-order valence-electron chi connectivity index (χ1n) is 6.67. The SMILES string of the molecule is CO.Cc1ccc(Cc2ccc(O)c(C(F)(F)F)c2)cc1C.[CH3-].[Y]. The van der Waals surface area contributed by atoms with Crippen molar-refractivity contribution < 1.29 is 56.1 Å². The van der Waals surface area contributed by atoms with E-state index in [2.05, 4.69) is 0 Å². The molecule has 0 saturated heterocycles. The van der Waals surface area contributed by atoms with Gasteiger partial charge in [-0.15, -0.1) is 0 Å². The van der Waals surface area contributed by atoms with Gasteiger partial charge in [0.05, 0.1) is 5.56 Å². The number of hydrogen-bond donors (Lipinski definition) is 2. The molecule has 0 saturated carbocycles. The van der Waals surface area contributed by atoms with Gasteiger partial charge in [0.25, 0.3) is 0 Å². The maximum Gasteiger partial charge on any atom is 0.419 e. The maximum absolute atomic E-state index is 12.7. The van der Waals surface area contributed by atoms with Crippen LogP contribution in [0.1, 0.15) is 27.8 Å². The molecule has 6 heteroatoms. The molecule has 0 amide bonds. The molecule has 1 radical (unpaired) electrons. The average molecular weight is 416 g/mol. The van der Waals surface area contributed by atoms with Gasteiger partial charge in [0.15, 0.2) is 0 Å². The molecule has 24 heavy (non-hydrogen) atoms. The largest absolute Gasteiger partial charge is 0.507 e. The minimum Gasteiger partial charge on any atom is -0.507 e. The summed E-state index contributed by atoms with van der Waals surface area (Å²) in [4.78, 5) is 0. The molecule has 0 aliphatic carbocycles. The number of aliphatic hydroxyl groups is 1. The number of phenolic OH excluding ortho intramolecular Hbond substituents is 1. The Kier molecular flexibility index (Phi) is 11.5. The minimum atomic E-state index is -4.54. The van der Waals surface area contributed by atoms with Gasteiger partial charge in [-0.05, 0) is 54.7 Å². The van der Waals surface area contributed by atoms with Crippen LogP contribution in [0.5, 0.6) is 5.75 Å². The Balaban J connectivity index is 0. The molecule has 0 aliphatic rings. The van der Waals surface area contributed by atoms with Crippen LogP contribution in [0.4, 0.5) is 13.2 Å². The van der Waals surface area contributed by atoms with Crippen molar-refractivity contribution in [3.05, 3.63) is 71.6 Å². The summed E-state index contributed by atoms with van der Waals surface area (Å²) in [6.45, 7) is 3.96. The quantitative estimate of drug-likeness (QED) is 0.699. The van der Waals surface area contributed by atoms with Gasteiger partial charge in [-0.25, -0.2) is 0 Å². The topological polar surface area (TPSA) is 40.5 Å². The predicted molar refractivity (Wildman–Crippen MR) is 86.4 cm³/mol. The molecule has 0 heterocycles. The number of hydrogen-bond acceptors (Lipinski definition) is 2. The van der Waals surface area contributed by atoms with E-state index in [4.69, 9.17) is 5.11 Å². The fourth-order valence-electron chi connectivity index (χ4n) is 2.07. The molecule has 0 spiro atoms. The summed E-state index contributed by atoms with van der Waals surface area (Å²) < 4.78 is 38.2. The summed E-state index contributed by atoms with van der Waals surface area (Å²) in [6.07, 6.45) is -4.13. The van der Waals surface area contributed by atoms with Crippen LogP contribution in [0.15, 0.2) is 36.4 Å². The van der Waals surface area contributed by atoms with Crippen LogP contribution in [-0.2, 0) is 45.3 Å². The van der Waals surface area contributed by atoms with Crippen LogP contribution in [-0.4, -0.2) is 17.3 Å². The Morgan fingerprint density at radius 3 is 1.88 bits per heavy atom. The fraction of sp³-hybridized carbons (Fsp3) is 0.278. The van der Waals surface area contributed by atoms with Gasteiger partial charge >= 0.3 is 6.18 Å². The molecule has 0 aromatic heterocycles. The van der Waals surface area contributed by atoms with Crippen LogP contribution in [0.25, 0.3) is 0 Å². The monoisotopic (exact) mass is 416 g/mol. The third-order valence-corrected chi connectivity index (χ3v) is 3.35. The molecule has 0 atom stereocenters. The van der Waals surface area contributed by atoms with E-state index >= 15 is 0 Å².